The molecular formula is C16H19F2N3O5S. The third kappa shape index (κ3) is 5.08. The second-order valence-electron chi connectivity index (χ2n) is 5.58. The molecule has 11 heteroatoms. The molecule has 0 aliphatic carbocycles. The number of nitrogens with zero attached hydrogens (tertiary/aromatic N) is 1. The maximum atomic E-state index is 13.9. The molecule has 0 aromatic heterocycles. The number of carbonyl (C=O) groups is 2. The molecule has 1 aliphatic rings. The van der Waals surface area contributed by atoms with E-state index < -0.39 is 44.6 Å². The summed E-state index contributed by atoms with van der Waals surface area (Å²) in [6.07, 6.45) is 0.556. The number of halogens is 2. The molecule has 148 valence electrons. The van der Waals surface area contributed by atoms with Crippen LogP contribution in [0, 0.1) is 11.6 Å². The zero-order valence-corrected chi connectivity index (χ0v) is 15.1. The maximum Gasteiger partial charge on any atom is 0.309 e. The molecule has 27 heavy (non-hydrogen) atoms. The highest BCUT2D eigenvalue weighted by atomic mass is 32.2. The van der Waals surface area contributed by atoms with Crippen LogP contribution in [0.5, 0.6) is 0 Å². The smallest absolute Gasteiger partial charge is 0.309 e. The van der Waals surface area contributed by atoms with E-state index in [2.05, 4.69) is 17.2 Å². The van der Waals surface area contributed by atoms with Crippen molar-refractivity contribution in [3.05, 3.63) is 42.5 Å². The van der Waals surface area contributed by atoms with Crippen LogP contribution in [0.4, 0.5) is 8.78 Å². The van der Waals surface area contributed by atoms with Crippen LogP contribution >= 0.6 is 0 Å². The van der Waals surface area contributed by atoms with Crippen LogP contribution in [0.25, 0.3) is 0 Å². The molecule has 1 aromatic carbocycles. The van der Waals surface area contributed by atoms with Crippen molar-refractivity contribution in [1.29, 1.82) is 0 Å². The molecule has 2 rings (SSSR count). The third-order valence-corrected chi connectivity index (χ3v) is 5.59. The Hall–Kier alpha value is -2.37. The molecule has 2 N–H and O–H groups in total. The van der Waals surface area contributed by atoms with Crippen molar-refractivity contribution in [3.8, 4) is 0 Å². The molecule has 1 aromatic rings. The number of rotatable bonds is 6. The number of sulfonamides is 1. The van der Waals surface area contributed by atoms with Gasteiger partial charge in [-0.05, 0) is 24.6 Å². The van der Waals surface area contributed by atoms with Gasteiger partial charge in [0, 0.05) is 13.1 Å². The zero-order chi connectivity index (χ0) is 20.0. The van der Waals surface area contributed by atoms with E-state index in [1.807, 2.05) is 0 Å². The van der Waals surface area contributed by atoms with Crippen LogP contribution in [-0.2, 0) is 24.3 Å². The fourth-order valence-corrected chi connectivity index (χ4v) is 4.05. The Morgan fingerprint density at radius 2 is 2.00 bits per heavy atom. The van der Waals surface area contributed by atoms with Crippen molar-refractivity contribution in [1.82, 2.24) is 14.9 Å². The minimum Gasteiger partial charge on any atom is -0.360 e. The molecule has 1 atom stereocenters. The molecule has 0 bridgehead atoms. The highest BCUT2D eigenvalue weighted by Crippen LogP contribution is 2.24. The summed E-state index contributed by atoms with van der Waals surface area (Å²) in [5, 5.41) is 4.52. The van der Waals surface area contributed by atoms with Gasteiger partial charge in [0.1, 0.15) is 22.8 Å². The van der Waals surface area contributed by atoms with Gasteiger partial charge in [0.25, 0.3) is 0 Å². The average Bonchev–Trinajstić information content (AvgIpc) is 2.66. The van der Waals surface area contributed by atoms with Gasteiger partial charge >= 0.3 is 11.8 Å². The van der Waals surface area contributed by atoms with E-state index in [0.29, 0.717) is 18.6 Å². The molecule has 0 spiro atoms. The summed E-state index contributed by atoms with van der Waals surface area (Å²) < 4.78 is 59.0. The highest BCUT2D eigenvalue weighted by Gasteiger charge is 2.36. The van der Waals surface area contributed by atoms with Crippen molar-refractivity contribution < 1.29 is 31.5 Å². The number of carbonyl (C=O) groups excluding carboxylic acids is 2. The topological polar surface area (TPSA) is 105 Å². The molecule has 1 fully saturated rings. The van der Waals surface area contributed by atoms with Gasteiger partial charge in [0.15, 0.2) is 0 Å². The summed E-state index contributed by atoms with van der Waals surface area (Å²) in [6.45, 7) is 3.34. The fraction of sp³-hybridized carbons (Fsp3) is 0.375. The number of nitrogens with one attached hydrogen (secondary N) is 2. The monoisotopic (exact) mass is 403 g/mol. The van der Waals surface area contributed by atoms with Crippen molar-refractivity contribution >= 4 is 21.8 Å². The number of hydrogen-bond acceptors (Lipinski definition) is 5. The van der Waals surface area contributed by atoms with Gasteiger partial charge in [-0.2, -0.15) is 4.31 Å². The molecule has 2 amide bonds. The second-order valence-corrected chi connectivity index (χ2v) is 7.44. The Morgan fingerprint density at radius 3 is 2.70 bits per heavy atom. The minimum absolute atomic E-state index is 0.0124. The number of benzene rings is 1. The van der Waals surface area contributed by atoms with Crippen LogP contribution in [0.3, 0.4) is 0 Å². The lowest BCUT2D eigenvalue weighted by molar-refractivity contribution is -0.140. The highest BCUT2D eigenvalue weighted by molar-refractivity contribution is 7.89. The number of amides is 2. The molecule has 1 saturated heterocycles. The van der Waals surface area contributed by atoms with Gasteiger partial charge in [-0.1, -0.05) is 6.08 Å². The lowest BCUT2D eigenvalue weighted by atomic mass is 10.3. The summed E-state index contributed by atoms with van der Waals surface area (Å²) in [5.41, 5.74) is 0. The van der Waals surface area contributed by atoms with Gasteiger partial charge in [0.2, 0.25) is 10.0 Å². The first-order valence-corrected chi connectivity index (χ1v) is 9.46. The third-order valence-electron chi connectivity index (χ3n) is 3.68. The van der Waals surface area contributed by atoms with E-state index in [4.69, 9.17) is 4.74 Å². The Morgan fingerprint density at radius 1 is 1.30 bits per heavy atom. The van der Waals surface area contributed by atoms with E-state index in [1.54, 1.807) is 0 Å². The predicted molar refractivity (Wildman–Crippen MR) is 90.8 cm³/mol. The number of hydrogen-bond donors (Lipinski definition) is 2. The number of ether oxygens (including phenoxy) is 1. The minimum atomic E-state index is -4.42. The van der Waals surface area contributed by atoms with E-state index in [1.165, 1.54) is 6.08 Å². The molecule has 8 nitrogen and oxygen atoms in total. The summed E-state index contributed by atoms with van der Waals surface area (Å²) >= 11 is 0. The standard InChI is InChI=1S/C16H19F2N3O5S/c1-2-6-19-15(22)16(23)20-10-14-21(7-3-8-26-14)27(24,25)13-9-11(17)4-5-12(13)18/h2,4-5,9,14H,1,3,6-8,10H2,(H,19,22)(H,20,23)/t14-/m0/s1. The molecule has 0 saturated carbocycles. The molecule has 0 unspecified atom stereocenters. The van der Waals surface area contributed by atoms with Crippen LogP contribution in [0.2, 0.25) is 0 Å². The Bertz CT molecular complexity index is 831. The molecule has 1 aliphatic heterocycles. The predicted octanol–water partition coefficient (Wildman–Crippen LogP) is 0.120. The first-order chi connectivity index (χ1) is 12.8. The summed E-state index contributed by atoms with van der Waals surface area (Å²) in [4.78, 5) is 22.4. The normalized spacial score (nSPS) is 17.9. The average molecular weight is 403 g/mol. The van der Waals surface area contributed by atoms with Gasteiger partial charge < -0.3 is 15.4 Å². The Kier molecular flexibility index (Phi) is 6.99. The Balaban J connectivity index is 2.14. The quantitative estimate of drug-likeness (QED) is 0.519. The largest absolute Gasteiger partial charge is 0.360 e. The van der Waals surface area contributed by atoms with E-state index in [9.17, 15) is 26.8 Å². The summed E-state index contributed by atoms with van der Waals surface area (Å²) in [7, 11) is -4.42. The van der Waals surface area contributed by atoms with E-state index >= 15 is 0 Å². The Labute approximate surface area is 155 Å². The van der Waals surface area contributed by atoms with E-state index in [0.717, 1.165) is 10.4 Å². The molecule has 0 radical (unpaired) electrons. The van der Waals surface area contributed by atoms with Gasteiger partial charge in [-0.3, -0.25) is 9.59 Å². The van der Waals surface area contributed by atoms with Crippen LogP contribution < -0.4 is 10.6 Å². The molecular weight excluding hydrogens is 384 g/mol. The van der Waals surface area contributed by atoms with Gasteiger partial charge in [0.05, 0.1) is 13.2 Å². The summed E-state index contributed by atoms with van der Waals surface area (Å²) in [6, 6.07) is 2.10. The summed E-state index contributed by atoms with van der Waals surface area (Å²) in [5.74, 6) is -3.91. The first kappa shape index (κ1) is 20.9. The van der Waals surface area contributed by atoms with Crippen molar-refractivity contribution in [2.24, 2.45) is 0 Å². The second kappa shape index (κ2) is 9.02. The first-order valence-electron chi connectivity index (χ1n) is 8.02. The lowest BCUT2D eigenvalue weighted by Gasteiger charge is -2.34. The SMILES string of the molecule is C=CCNC(=O)C(=O)NC[C@@H]1OCCCN1S(=O)(=O)c1cc(F)ccc1F. The van der Waals surface area contributed by atoms with Gasteiger partial charge in [-0.15, -0.1) is 6.58 Å². The lowest BCUT2D eigenvalue weighted by Crippen LogP contribution is -2.53. The fourth-order valence-electron chi connectivity index (χ4n) is 2.41. The van der Waals surface area contributed by atoms with Crippen molar-refractivity contribution in [2.75, 3.05) is 26.2 Å². The van der Waals surface area contributed by atoms with Crippen LogP contribution in [0.1, 0.15) is 6.42 Å². The maximum absolute atomic E-state index is 13.9. The van der Waals surface area contributed by atoms with Gasteiger partial charge in [-0.25, -0.2) is 17.2 Å². The van der Waals surface area contributed by atoms with Crippen molar-refractivity contribution in [3.63, 3.8) is 0 Å². The molecule has 1 heterocycles. The van der Waals surface area contributed by atoms with Crippen LogP contribution in [0.15, 0.2) is 35.7 Å². The van der Waals surface area contributed by atoms with Crippen LogP contribution in [-0.4, -0.2) is 57.0 Å². The van der Waals surface area contributed by atoms with E-state index in [-0.39, 0.29) is 26.2 Å². The van der Waals surface area contributed by atoms with Crippen molar-refractivity contribution in [2.45, 2.75) is 17.5 Å². The zero-order valence-electron chi connectivity index (χ0n) is 14.3.